The van der Waals surface area contributed by atoms with Crippen LogP contribution in [0.4, 0.5) is 0 Å². The highest BCUT2D eigenvalue weighted by molar-refractivity contribution is 5.70. The fraction of sp³-hybridized carbons (Fsp3) is 0.931. The van der Waals surface area contributed by atoms with E-state index in [2.05, 4.69) is 132 Å². The zero-order valence-corrected chi connectivity index (χ0v) is 46.5. The summed E-state index contributed by atoms with van der Waals surface area (Å²) < 4.78 is 23.2. The highest BCUT2D eigenvalue weighted by Crippen LogP contribution is 2.34. The van der Waals surface area contributed by atoms with E-state index in [1.165, 1.54) is 0 Å². The Bertz CT molecular complexity index is 1300. The summed E-state index contributed by atoms with van der Waals surface area (Å²) in [6.07, 6.45) is 20.9. The molecule has 0 aromatic carbocycles. The van der Waals surface area contributed by atoms with Crippen LogP contribution >= 0.6 is 0 Å². The van der Waals surface area contributed by atoms with E-state index in [1.54, 1.807) is 0 Å². The smallest absolute Gasteiger partial charge is 0.306 e. The molecule has 0 spiro atoms. The molecule has 4 heterocycles. The average molecular weight is 994 g/mol. The lowest BCUT2D eigenvalue weighted by atomic mass is 9.81. The Morgan fingerprint density at radius 3 is 0.557 bits per heavy atom. The number of carbonyl (C=O) groups is 4. The van der Waals surface area contributed by atoms with E-state index in [4.69, 9.17) is 18.9 Å². The first-order valence-electron chi connectivity index (χ1n) is 27.1. The van der Waals surface area contributed by atoms with Crippen molar-refractivity contribution in [1.29, 1.82) is 0 Å². The minimum atomic E-state index is -0.0643. The Morgan fingerprint density at radius 2 is 0.414 bits per heavy atom. The number of ether oxygens (including phenoxy) is 4. The Morgan fingerprint density at radius 1 is 0.286 bits per heavy atom. The first-order valence-corrected chi connectivity index (χ1v) is 27.1. The molecule has 0 atom stereocenters. The van der Waals surface area contributed by atoms with Crippen LogP contribution < -0.4 is 21.3 Å². The lowest BCUT2D eigenvalue weighted by Gasteiger charge is -2.46. The number of esters is 4. The molecule has 0 aromatic rings. The molecule has 0 radical (unpaired) electrons. The zero-order valence-electron chi connectivity index (χ0n) is 46.5. The number of rotatable bonds is 22. The lowest BCUT2D eigenvalue weighted by molar-refractivity contribution is -0.154. The summed E-state index contributed by atoms with van der Waals surface area (Å²) in [6, 6.07) is 0. The Kier molecular flexibility index (Phi) is 26.2. The Labute approximate surface area is 430 Å². The van der Waals surface area contributed by atoms with Crippen LogP contribution in [0.1, 0.15) is 280 Å². The van der Waals surface area contributed by atoms with Gasteiger partial charge in [0.05, 0.1) is 0 Å². The third kappa shape index (κ3) is 27.7. The van der Waals surface area contributed by atoms with Gasteiger partial charge in [-0.3, -0.25) is 19.2 Å². The third-order valence-corrected chi connectivity index (χ3v) is 13.8. The minimum absolute atomic E-state index is 0. The Balaban J connectivity index is 0.000000681. The van der Waals surface area contributed by atoms with Crippen molar-refractivity contribution in [2.75, 3.05) is 0 Å². The summed E-state index contributed by atoms with van der Waals surface area (Å²) >= 11 is 0. The van der Waals surface area contributed by atoms with Crippen LogP contribution in [0.3, 0.4) is 0 Å². The van der Waals surface area contributed by atoms with Crippen molar-refractivity contribution in [2.24, 2.45) is 0 Å². The van der Waals surface area contributed by atoms with Gasteiger partial charge in [0.2, 0.25) is 0 Å². The second-order valence-corrected chi connectivity index (χ2v) is 26.9. The van der Waals surface area contributed by atoms with Crippen LogP contribution in [0.2, 0.25) is 0 Å². The minimum Gasteiger partial charge on any atom is -0.462 e. The molecule has 4 saturated heterocycles. The first-order chi connectivity index (χ1) is 31.1. The normalized spacial score (nSPS) is 23.2. The third-order valence-electron chi connectivity index (χ3n) is 13.8. The molecule has 70 heavy (non-hydrogen) atoms. The summed E-state index contributed by atoms with van der Waals surface area (Å²) in [5.41, 5.74) is -0.112. The highest BCUT2D eigenvalue weighted by atomic mass is 16.6. The van der Waals surface area contributed by atoms with Gasteiger partial charge in [-0.25, -0.2) is 0 Å². The van der Waals surface area contributed by atoms with Crippen molar-refractivity contribution < 1.29 is 38.1 Å². The molecule has 0 aliphatic carbocycles. The summed E-state index contributed by atoms with van der Waals surface area (Å²) in [7, 11) is 0. The van der Waals surface area contributed by atoms with Gasteiger partial charge >= 0.3 is 23.9 Å². The molecule has 4 aliphatic rings. The van der Waals surface area contributed by atoms with E-state index in [-0.39, 0.29) is 107 Å². The van der Waals surface area contributed by atoms with Gasteiger partial charge in [-0.15, -0.1) is 0 Å². The largest absolute Gasteiger partial charge is 0.462 e. The summed E-state index contributed by atoms with van der Waals surface area (Å²) in [6.45, 7) is 34.7. The maximum absolute atomic E-state index is 12.3. The summed E-state index contributed by atoms with van der Waals surface area (Å²) in [4.78, 5) is 49.2. The second kappa shape index (κ2) is 27.9. The van der Waals surface area contributed by atoms with E-state index >= 15 is 0 Å². The van der Waals surface area contributed by atoms with Gasteiger partial charge in [-0.1, -0.05) is 66.2 Å². The molecule has 4 fully saturated rings. The van der Waals surface area contributed by atoms with Gasteiger partial charge in [0.15, 0.2) is 0 Å². The number of piperidine rings is 4. The quantitative estimate of drug-likeness (QED) is 0.0464. The van der Waals surface area contributed by atoms with Gasteiger partial charge in [0, 0.05) is 121 Å². The Hall–Kier alpha value is -2.28. The highest BCUT2D eigenvalue weighted by Gasteiger charge is 2.42. The van der Waals surface area contributed by atoms with Crippen molar-refractivity contribution in [2.45, 2.75) is 348 Å². The number of hydrogen-bond donors (Lipinski definition) is 4. The van der Waals surface area contributed by atoms with E-state index in [1.807, 2.05) is 0 Å². The lowest BCUT2D eigenvalue weighted by Crippen LogP contribution is -2.59. The second-order valence-electron chi connectivity index (χ2n) is 26.9. The average Bonchev–Trinajstić information content (AvgIpc) is 3.08. The van der Waals surface area contributed by atoms with Crippen molar-refractivity contribution in [3.05, 3.63) is 0 Å². The van der Waals surface area contributed by atoms with E-state index in [0.717, 1.165) is 128 Å². The van der Waals surface area contributed by atoms with Gasteiger partial charge in [0.1, 0.15) is 24.4 Å². The fourth-order valence-electron chi connectivity index (χ4n) is 12.7. The van der Waals surface area contributed by atoms with Crippen LogP contribution in [0.5, 0.6) is 0 Å². The van der Waals surface area contributed by atoms with Gasteiger partial charge in [-0.2, -0.15) is 0 Å². The van der Waals surface area contributed by atoms with Crippen LogP contribution in [0, 0.1) is 0 Å². The molecular weight excluding hydrogens is 881 g/mol. The van der Waals surface area contributed by atoms with E-state index in [0.29, 0.717) is 25.7 Å². The van der Waals surface area contributed by atoms with Crippen molar-refractivity contribution in [3.63, 3.8) is 0 Å². The predicted octanol–water partition coefficient (Wildman–Crippen LogP) is 12.9. The van der Waals surface area contributed by atoms with E-state index in [9.17, 15) is 19.2 Å². The van der Waals surface area contributed by atoms with Gasteiger partial charge in [-0.05, 0) is 136 Å². The molecule has 4 N–H and O–H groups in total. The SMILES string of the molecule is C.C.CC1(C)CC(OC(=O)CCCCCCCCC(=O)OC2CC(C)(C)NC(C)(C)C2)CC(C)(C)N1.CC1(C)CC(OC(=O)CCCCCCCCC(=O)OC2CC(C)(C)NC(C)(C)C2)CC(C)(C)N1. The van der Waals surface area contributed by atoms with Crippen LogP contribution in [-0.2, 0) is 38.1 Å². The number of hydrogen-bond acceptors (Lipinski definition) is 12. The maximum Gasteiger partial charge on any atom is 0.306 e. The molecule has 0 aromatic heterocycles. The molecule has 0 bridgehead atoms. The van der Waals surface area contributed by atoms with Crippen LogP contribution in [-0.4, -0.2) is 92.6 Å². The fourth-order valence-corrected chi connectivity index (χ4v) is 12.7. The zero-order chi connectivity index (χ0) is 51.2. The number of carbonyl (C=O) groups excluding carboxylic acids is 4. The van der Waals surface area contributed by atoms with Crippen molar-refractivity contribution in [1.82, 2.24) is 21.3 Å². The molecule has 4 rings (SSSR count). The monoisotopic (exact) mass is 993 g/mol. The van der Waals surface area contributed by atoms with E-state index < -0.39 is 0 Å². The van der Waals surface area contributed by atoms with Crippen molar-refractivity contribution in [3.8, 4) is 0 Å². The first kappa shape index (κ1) is 65.7. The van der Waals surface area contributed by atoms with Crippen molar-refractivity contribution >= 4 is 23.9 Å². The topological polar surface area (TPSA) is 153 Å². The predicted molar refractivity (Wildman–Crippen MR) is 289 cm³/mol. The number of unbranched alkanes of at least 4 members (excludes halogenated alkanes) is 10. The molecule has 12 heteroatoms. The molecule has 0 saturated carbocycles. The number of nitrogens with one attached hydrogen (secondary N) is 4. The summed E-state index contributed by atoms with van der Waals surface area (Å²) in [5.74, 6) is -0.257. The van der Waals surface area contributed by atoms with Gasteiger partial charge < -0.3 is 40.2 Å². The molecule has 0 amide bonds. The van der Waals surface area contributed by atoms with Crippen LogP contribution in [0.25, 0.3) is 0 Å². The molecule has 412 valence electrons. The van der Waals surface area contributed by atoms with Gasteiger partial charge in [0.25, 0.3) is 0 Å². The molecule has 12 nitrogen and oxygen atoms in total. The van der Waals surface area contributed by atoms with Crippen LogP contribution in [0.15, 0.2) is 0 Å². The molecule has 0 unspecified atom stereocenters. The maximum atomic E-state index is 12.3. The standard InChI is InChI=1S/2C28H52N2O4.2CH4/c2*1-25(2)17-21(18-26(3,4)29-25)33-23(31)15-13-11-9-10-12-14-16-24(32)34-22-19-27(5,6)30-28(7,8)20-22;;/h2*21-22,29-30H,9-20H2,1-8H3;2*1H4. The summed E-state index contributed by atoms with van der Waals surface area (Å²) in [5, 5.41) is 14.5. The molecular formula is C58H112N4O8. The molecule has 4 aliphatic heterocycles.